The molecule has 0 radical (unpaired) electrons. The van der Waals surface area contributed by atoms with Crippen LogP contribution in [0.3, 0.4) is 0 Å². The Balaban J connectivity index is 1.69. The molecule has 8 nitrogen and oxygen atoms in total. The van der Waals surface area contributed by atoms with Crippen LogP contribution in [0.5, 0.6) is 5.75 Å². The number of ether oxygens (including phenoxy) is 1. The molecule has 1 heterocycles. The molecule has 0 bridgehead atoms. The molecule has 0 unspecified atom stereocenters. The van der Waals surface area contributed by atoms with E-state index < -0.39 is 10.8 Å². The number of nitrogens with zero attached hydrogens (tertiary/aromatic N) is 2. The molecular formula is C23H18BrN3O5. The van der Waals surface area contributed by atoms with Gasteiger partial charge in [0.05, 0.1) is 10.8 Å². The first-order chi connectivity index (χ1) is 15.4. The highest BCUT2D eigenvalue weighted by Gasteiger charge is 2.26. The molecule has 0 amide bonds. The van der Waals surface area contributed by atoms with Crippen LogP contribution in [0.25, 0.3) is 10.9 Å². The number of rotatable bonds is 8. The zero-order chi connectivity index (χ0) is 22.7. The SMILES string of the molecule is O=[N+]([O-])C[C@H](c1cc(Br)ccc1OCc1ccc([N+](=O)[O-])cc1)c1c[nH]c2ccccc12. The van der Waals surface area contributed by atoms with E-state index in [0.717, 1.165) is 26.5 Å². The fourth-order valence-corrected chi connectivity index (χ4v) is 4.07. The van der Waals surface area contributed by atoms with Crippen molar-refractivity contribution in [1.82, 2.24) is 4.98 Å². The predicted molar refractivity (Wildman–Crippen MR) is 124 cm³/mol. The largest absolute Gasteiger partial charge is 0.489 e. The van der Waals surface area contributed by atoms with Gasteiger partial charge in [-0.1, -0.05) is 34.1 Å². The summed E-state index contributed by atoms with van der Waals surface area (Å²) in [7, 11) is 0. The minimum atomic E-state index is -0.537. The van der Waals surface area contributed by atoms with Gasteiger partial charge in [0, 0.05) is 44.2 Å². The highest BCUT2D eigenvalue weighted by atomic mass is 79.9. The second-order valence-electron chi connectivity index (χ2n) is 7.25. The van der Waals surface area contributed by atoms with Crippen LogP contribution in [0.15, 0.2) is 77.4 Å². The summed E-state index contributed by atoms with van der Waals surface area (Å²) in [5, 5.41) is 23.3. The molecule has 0 saturated carbocycles. The van der Waals surface area contributed by atoms with E-state index in [1.54, 1.807) is 24.4 Å². The molecule has 3 aromatic carbocycles. The Bertz CT molecular complexity index is 1290. The molecule has 0 aliphatic carbocycles. The van der Waals surface area contributed by atoms with Crippen LogP contribution < -0.4 is 4.74 Å². The molecule has 0 spiro atoms. The van der Waals surface area contributed by atoms with Gasteiger partial charge in [-0.25, -0.2) is 0 Å². The monoisotopic (exact) mass is 495 g/mol. The average Bonchev–Trinajstić information content (AvgIpc) is 3.21. The van der Waals surface area contributed by atoms with Crippen LogP contribution >= 0.6 is 15.9 Å². The zero-order valence-corrected chi connectivity index (χ0v) is 18.3. The highest BCUT2D eigenvalue weighted by molar-refractivity contribution is 9.10. The van der Waals surface area contributed by atoms with Crippen LogP contribution in [0, 0.1) is 20.2 Å². The molecule has 32 heavy (non-hydrogen) atoms. The van der Waals surface area contributed by atoms with Crippen LogP contribution in [0.2, 0.25) is 0 Å². The number of hydrogen-bond donors (Lipinski definition) is 1. The maximum atomic E-state index is 11.6. The number of fused-ring (bicyclic) bond motifs is 1. The fourth-order valence-electron chi connectivity index (χ4n) is 3.69. The van der Waals surface area contributed by atoms with Crippen molar-refractivity contribution in [2.45, 2.75) is 12.5 Å². The number of hydrogen-bond acceptors (Lipinski definition) is 5. The number of aromatic amines is 1. The van der Waals surface area contributed by atoms with Gasteiger partial charge in [-0.05, 0) is 47.5 Å². The Kier molecular flexibility index (Phi) is 6.18. The molecule has 0 saturated heterocycles. The number of nitro benzene ring substituents is 1. The summed E-state index contributed by atoms with van der Waals surface area (Å²) in [4.78, 5) is 24.8. The van der Waals surface area contributed by atoms with Gasteiger partial charge in [-0.2, -0.15) is 0 Å². The summed E-state index contributed by atoms with van der Waals surface area (Å²) in [6.07, 6.45) is 1.81. The fraction of sp³-hybridized carbons (Fsp3) is 0.130. The lowest BCUT2D eigenvalue weighted by Gasteiger charge is -2.18. The lowest BCUT2D eigenvalue weighted by molar-refractivity contribution is -0.481. The van der Waals surface area contributed by atoms with E-state index in [4.69, 9.17) is 4.74 Å². The van der Waals surface area contributed by atoms with Gasteiger partial charge in [0.15, 0.2) is 0 Å². The molecular weight excluding hydrogens is 478 g/mol. The third kappa shape index (κ3) is 4.62. The Morgan fingerprint density at radius 2 is 1.72 bits per heavy atom. The second-order valence-corrected chi connectivity index (χ2v) is 8.17. The normalized spacial score (nSPS) is 11.9. The van der Waals surface area contributed by atoms with Crippen molar-refractivity contribution in [3.8, 4) is 5.75 Å². The number of aromatic nitrogens is 1. The lowest BCUT2D eigenvalue weighted by atomic mass is 9.90. The summed E-state index contributed by atoms with van der Waals surface area (Å²) in [5.41, 5.74) is 3.16. The summed E-state index contributed by atoms with van der Waals surface area (Å²) < 4.78 is 6.81. The van der Waals surface area contributed by atoms with Crippen molar-refractivity contribution in [3.63, 3.8) is 0 Å². The van der Waals surface area contributed by atoms with E-state index in [2.05, 4.69) is 20.9 Å². The van der Waals surface area contributed by atoms with Gasteiger partial charge >= 0.3 is 0 Å². The predicted octanol–water partition coefficient (Wildman–Crippen LogP) is 5.83. The number of non-ortho nitro benzene ring substituents is 1. The topological polar surface area (TPSA) is 111 Å². The summed E-state index contributed by atoms with van der Waals surface area (Å²) in [6.45, 7) is -0.127. The van der Waals surface area contributed by atoms with E-state index in [0.29, 0.717) is 11.3 Å². The van der Waals surface area contributed by atoms with E-state index in [1.807, 2.05) is 36.4 Å². The number of nitro groups is 2. The number of H-pyrrole nitrogens is 1. The van der Waals surface area contributed by atoms with Crippen molar-refractivity contribution in [3.05, 3.63) is 114 Å². The van der Waals surface area contributed by atoms with Crippen LogP contribution in [0.4, 0.5) is 5.69 Å². The van der Waals surface area contributed by atoms with Crippen LogP contribution in [-0.4, -0.2) is 21.4 Å². The van der Waals surface area contributed by atoms with Crippen molar-refractivity contribution in [2.75, 3.05) is 6.54 Å². The van der Waals surface area contributed by atoms with Gasteiger partial charge < -0.3 is 9.72 Å². The summed E-state index contributed by atoms with van der Waals surface area (Å²) in [6, 6.07) is 19.2. The first-order valence-corrected chi connectivity index (χ1v) is 10.5. The maximum absolute atomic E-state index is 11.6. The minimum Gasteiger partial charge on any atom is -0.489 e. The third-order valence-electron chi connectivity index (χ3n) is 5.22. The average molecular weight is 496 g/mol. The Hall–Kier alpha value is -3.72. The Labute approximate surface area is 191 Å². The molecule has 4 rings (SSSR count). The van der Waals surface area contributed by atoms with Crippen molar-refractivity contribution < 1.29 is 14.6 Å². The smallest absolute Gasteiger partial charge is 0.269 e. The lowest BCUT2D eigenvalue weighted by Crippen LogP contribution is -2.15. The van der Waals surface area contributed by atoms with Gasteiger partial charge in [-0.15, -0.1) is 0 Å². The standard InChI is InChI=1S/C23H18BrN3O5/c24-16-7-10-23(32-14-15-5-8-17(9-6-15)27(30)31)19(11-16)21(13-26(28)29)20-12-25-22-4-2-1-3-18(20)22/h1-12,21,25H,13-14H2/t21-/m1/s1. The van der Waals surface area contributed by atoms with Gasteiger partial charge in [-0.3, -0.25) is 20.2 Å². The number of halogens is 1. The molecule has 0 aliphatic heterocycles. The van der Waals surface area contributed by atoms with Gasteiger partial charge in [0.1, 0.15) is 12.4 Å². The van der Waals surface area contributed by atoms with E-state index in [-0.39, 0.29) is 23.8 Å². The number of benzene rings is 3. The molecule has 1 N–H and O–H groups in total. The Morgan fingerprint density at radius 1 is 0.969 bits per heavy atom. The van der Waals surface area contributed by atoms with E-state index >= 15 is 0 Å². The molecule has 0 aliphatic rings. The van der Waals surface area contributed by atoms with Crippen molar-refractivity contribution in [2.24, 2.45) is 0 Å². The van der Waals surface area contributed by atoms with E-state index in [1.165, 1.54) is 12.1 Å². The highest BCUT2D eigenvalue weighted by Crippen LogP contribution is 2.37. The first kappa shape index (κ1) is 21.5. The van der Waals surface area contributed by atoms with Gasteiger partial charge in [0.2, 0.25) is 6.54 Å². The van der Waals surface area contributed by atoms with Crippen LogP contribution in [0.1, 0.15) is 22.6 Å². The second kappa shape index (κ2) is 9.19. The Morgan fingerprint density at radius 3 is 2.44 bits per heavy atom. The zero-order valence-electron chi connectivity index (χ0n) is 16.7. The first-order valence-electron chi connectivity index (χ1n) is 9.76. The number of nitrogens with one attached hydrogen (secondary N) is 1. The molecule has 9 heteroatoms. The molecule has 1 atom stereocenters. The quantitative estimate of drug-likeness (QED) is 0.244. The molecule has 4 aromatic rings. The van der Waals surface area contributed by atoms with Crippen LogP contribution in [-0.2, 0) is 6.61 Å². The summed E-state index contributed by atoms with van der Waals surface area (Å²) >= 11 is 3.46. The molecule has 1 aromatic heterocycles. The third-order valence-corrected chi connectivity index (χ3v) is 5.71. The maximum Gasteiger partial charge on any atom is 0.269 e. The molecule has 0 fully saturated rings. The van der Waals surface area contributed by atoms with Crippen molar-refractivity contribution >= 4 is 32.5 Å². The summed E-state index contributed by atoms with van der Waals surface area (Å²) in [5.74, 6) is -0.0193. The number of para-hydroxylation sites is 1. The van der Waals surface area contributed by atoms with E-state index in [9.17, 15) is 20.2 Å². The van der Waals surface area contributed by atoms with Gasteiger partial charge in [0.25, 0.3) is 5.69 Å². The molecule has 162 valence electrons. The minimum absolute atomic E-state index is 0.00321. The van der Waals surface area contributed by atoms with Crippen molar-refractivity contribution in [1.29, 1.82) is 0 Å².